The first-order valence-electron chi connectivity index (χ1n) is 14.7. The molecule has 1 atom stereocenters. The van der Waals surface area contributed by atoms with Gasteiger partial charge in [-0.15, -0.1) is 5.46 Å². The molecule has 1 unspecified atom stereocenters. The van der Waals surface area contributed by atoms with Crippen LogP contribution in [0, 0.1) is 0 Å². The topological polar surface area (TPSA) is 24.4 Å². The van der Waals surface area contributed by atoms with Gasteiger partial charge in [0.25, 0.3) is 5.82 Å². The quantitative estimate of drug-likeness (QED) is 0.207. The summed E-state index contributed by atoms with van der Waals surface area (Å²) >= 11 is 0. The van der Waals surface area contributed by atoms with E-state index in [1.807, 2.05) is 0 Å². The van der Waals surface area contributed by atoms with Crippen LogP contribution in [0.4, 0.5) is 5.82 Å². The van der Waals surface area contributed by atoms with Gasteiger partial charge in [-0.1, -0.05) is 90.1 Å². The molecule has 0 saturated carbocycles. The molecule has 2 aromatic heterocycles. The molecule has 202 valence electrons. The van der Waals surface area contributed by atoms with Gasteiger partial charge in [0.05, 0.1) is 5.69 Å². The van der Waals surface area contributed by atoms with E-state index in [2.05, 4.69) is 159 Å². The number of hydrogen-bond donors (Lipinski definition) is 0. The van der Waals surface area contributed by atoms with Gasteiger partial charge in [-0.25, -0.2) is 0 Å². The van der Waals surface area contributed by atoms with Crippen molar-refractivity contribution in [2.24, 2.45) is 4.99 Å². The maximum Gasteiger partial charge on any atom is 0.425 e. The maximum atomic E-state index is 5.22. The molecule has 5 aromatic rings. The molecular weight excluding hydrogens is 499 g/mol. The maximum absolute atomic E-state index is 5.22. The minimum absolute atomic E-state index is 0.00505. The smallest absolute Gasteiger partial charge is 0.425 e. The zero-order valence-electron chi connectivity index (χ0n) is 24.7. The first-order valence-corrected chi connectivity index (χ1v) is 14.7. The van der Waals surface area contributed by atoms with Crippen molar-refractivity contribution < 1.29 is 4.48 Å². The number of nitrogens with zero attached hydrogens (tertiary/aromatic N) is 4. The fourth-order valence-corrected chi connectivity index (χ4v) is 7.35. The van der Waals surface area contributed by atoms with Gasteiger partial charge in [0.15, 0.2) is 0 Å². The Balaban J connectivity index is 1.66. The van der Waals surface area contributed by atoms with E-state index < -0.39 is 6.55 Å². The summed E-state index contributed by atoms with van der Waals surface area (Å²) in [4.78, 5) is 7.64. The van der Waals surface area contributed by atoms with E-state index in [1.165, 1.54) is 49.7 Å². The van der Waals surface area contributed by atoms with Crippen molar-refractivity contribution in [1.82, 2.24) is 9.29 Å². The third-order valence-corrected chi connectivity index (χ3v) is 9.36. The number of fused-ring (bicyclic) bond motifs is 7. The number of amidine groups is 1. The van der Waals surface area contributed by atoms with Crippen LogP contribution in [0.2, 0.25) is 0 Å². The predicted octanol–water partition coefficient (Wildman–Crippen LogP) is 7.33. The lowest BCUT2D eigenvalue weighted by Crippen LogP contribution is -2.86. The predicted molar refractivity (Wildman–Crippen MR) is 172 cm³/mol. The second-order valence-corrected chi connectivity index (χ2v) is 13.9. The molecule has 5 heteroatoms. The molecule has 0 spiro atoms. The van der Waals surface area contributed by atoms with Crippen LogP contribution in [-0.4, -0.2) is 21.7 Å². The number of aromatic nitrogens is 2. The summed E-state index contributed by atoms with van der Waals surface area (Å²) in [7, 11) is 0. The van der Waals surface area contributed by atoms with Crippen molar-refractivity contribution in [2.75, 3.05) is 0 Å². The van der Waals surface area contributed by atoms with Gasteiger partial charge in [0.2, 0.25) is 5.84 Å². The normalized spacial score (nSPS) is 19.0. The zero-order chi connectivity index (χ0) is 28.3. The fourth-order valence-electron chi connectivity index (χ4n) is 7.35. The monoisotopic (exact) mass is 534 g/mol. The third-order valence-electron chi connectivity index (χ3n) is 9.36. The molecule has 0 N–H and O–H groups in total. The minimum atomic E-state index is -1.73. The van der Waals surface area contributed by atoms with E-state index in [1.54, 1.807) is 0 Å². The molecule has 5 heterocycles. The minimum Gasteiger partial charge on any atom is -0.452 e. The molecule has 0 fully saturated rings. The Kier molecular flexibility index (Phi) is 4.69. The van der Waals surface area contributed by atoms with Crippen molar-refractivity contribution in [3.8, 4) is 11.3 Å². The Bertz CT molecular complexity index is 2010. The number of benzene rings is 3. The number of aliphatic imine (C=N–C) groups is 1. The lowest BCUT2D eigenvalue weighted by molar-refractivity contribution is -0.529. The van der Waals surface area contributed by atoms with Crippen molar-refractivity contribution in [1.29, 1.82) is 0 Å². The summed E-state index contributed by atoms with van der Waals surface area (Å²) in [6.45, 7) is 12.1. The highest BCUT2D eigenvalue weighted by Gasteiger charge is 2.53. The lowest BCUT2D eigenvalue weighted by atomic mass is 9.48. The summed E-state index contributed by atoms with van der Waals surface area (Å²) in [6.07, 6.45) is 8.59. The van der Waals surface area contributed by atoms with Gasteiger partial charge >= 0.3 is 6.55 Å². The Morgan fingerprint density at radius 2 is 1.49 bits per heavy atom. The second-order valence-electron chi connectivity index (χ2n) is 13.9. The van der Waals surface area contributed by atoms with Gasteiger partial charge in [-0.3, -0.25) is 0 Å². The molecule has 8 rings (SSSR count). The Hall–Kier alpha value is -4.38. The lowest BCUT2D eigenvalue weighted by Gasteiger charge is -2.53. The fraction of sp³-hybridized carbons (Fsp3) is 0.222. The van der Waals surface area contributed by atoms with Crippen LogP contribution in [0.25, 0.3) is 33.1 Å². The van der Waals surface area contributed by atoms with Gasteiger partial charge in [0, 0.05) is 39.5 Å². The number of rotatable bonds is 1. The van der Waals surface area contributed by atoms with Crippen molar-refractivity contribution >= 4 is 45.5 Å². The van der Waals surface area contributed by atoms with Crippen LogP contribution in [0.3, 0.4) is 0 Å². The van der Waals surface area contributed by atoms with E-state index in [0.29, 0.717) is 0 Å². The summed E-state index contributed by atoms with van der Waals surface area (Å²) in [6, 6.07) is 29.7. The molecule has 41 heavy (non-hydrogen) atoms. The van der Waals surface area contributed by atoms with Crippen molar-refractivity contribution in [3.63, 3.8) is 0 Å². The van der Waals surface area contributed by atoms with Crippen molar-refractivity contribution in [2.45, 2.75) is 52.4 Å². The molecule has 3 aliphatic rings. The average molecular weight is 535 g/mol. The highest BCUT2D eigenvalue weighted by molar-refractivity contribution is 6.85. The Labute approximate surface area is 241 Å². The first kappa shape index (κ1) is 24.4. The molecule has 4 nitrogen and oxygen atoms in total. The first-order chi connectivity index (χ1) is 19.6. The van der Waals surface area contributed by atoms with Crippen LogP contribution in [0.15, 0.2) is 108 Å². The van der Waals surface area contributed by atoms with Gasteiger partial charge in [0.1, 0.15) is 0 Å². The molecule has 0 bridgehead atoms. The molecule has 0 amide bonds. The SMILES string of the molecule is CC(C)(C)c1ccc2c(c1)c1cc(C(C)(C)C)cc3c1n2[B-]1(c2ccccc2)N2C=CC=CC2=Nc2cccc-3[n+]21. The average Bonchev–Trinajstić information content (AvgIpc) is 3.29. The highest BCUT2D eigenvalue weighted by atomic mass is 15.4. The largest absolute Gasteiger partial charge is 0.452 e. The van der Waals surface area contributed by atoms with E-state index in [0.717, 1.165) is 11.7 Å². The molecule has 0 radical (unpaired) electrons. The third kappa shape index (κ3) is 3.12. The standard InChI is InChI=1S/C36H35BN4/c1-35(2,3)24-18-19-31-27(21-24)28-22-25(36(4,5)6)23-29-30-15-12-17-33-38-32-16-10-11-20-39(32)37(40(30)33,41(31)34(28)29)26-13-8-7-9-14-26/h7-23H,1-6H3. The molecular formula is C36H35BN4. The second kappa shape index (κ2) is 7.88. The number of pyridine rings is 1. The Morgan fingerprint density at radius 1 is 0.732 bits per heavy atom. The van der Waals surface area contributed by atoms with Crippen LogP contribution < -0.4 is 9.94 Å². The molecule has 0 saturated heterocycles. The van der Waals surface area contributed by atoms with Crippen LogP contribution in [0.1, 0.15) is 52.7 Å². The summed E-state index contributed by atoms with van der Waals surface area (Å²) in [5, 5.41) is 2.63. The van der Waals surface area contributed by atoms with E-state index >= 15 is 0 Å². The molecule has 3 aliphatic heterocycles. The van der Waals surface area contributed by atoms with Crippen LogP contribution in [-0.2, 0) is 10.8 Å². The van der Waals surface area contributed by atoms with E-state index in [4.69, 9.17) is 4.99 Å². The summed E-state index contributed by atoms with van der Waals surface area (Å²) < 4.78 is 5.18. The van der Waals surface area contributed by atoms with Gasteiger partial charge in [-0.2, -0.15) is 0 Å². The summed E-state index contributed by atoms with van der Waals surface area (Å²) in [5.74, 6) is 1.94. The van der Waals surface area contributed by atoms with Crippen LogP contribution >= 0.6 is 0 Å². The number of hydrogen-bond acceptors (Lipinski definition) is 2. The van der Waals surface area contributed by atoms with Crippen LogP contribution in [0.5, 0.6) is 0 Å². The molecule has 3 aromatic carbocycles. The van der Waals surface area contributed by atoms with E-state index in [-0.39, 0.29) is 10.8 Å². The van der Waals surface area contributed by atoms with Crippen molar-refractivity contribution in [3.05, 3.63) is 114 Å². The zero-order valence-corrected chi connectivity index (χ0v) is 24.7. The van der Waals surface area contributed by atoms with E-state index in [9.17, 15) is 0 Å². The Morgan fingerprint density at radius 3 is 2.24 bits per heavy atom. The van der Waals surface area contributed by atoms with Gasteiger partial charge in [-0.05, 0) is 69.6 Å². The summed E-state index contributed by atoms with van der Waals surface area (Å²) in [5.41, 5.74) is 9.03. The van der Waals surface area contributed by atoms with Gasteiger partial charge < -0.3 is 13.8 Å². The highest BCUT2D eigenvalue weighted by Crippen LogP contribution is 2.45. The number of allylic oxidation sites excluding steroid dienone is 2. The molecule has 0 aliphatic carbocycles.